The smallest absolute Gasteiger partial charge is 0.410 e. The van der Waals surface area contributed by atoms with Crippen molar-refractivity contribution in [1.29, 1.82) is 0 Å². The summed E-state index contributed by atoms with van der Waals surface area (Å²) in [4.78, 5) is 99.5. The van der Waals surface area contributed by atoms with Gasteiger partial charge in [-0.3, -0.25) is 38.4 Å². The molecule has 2 heterocycles. The van der Waals surface area contributed by atoms with Gasteiger partial charge in [-0.05, 0) is 75.5 Å². The van der Waals surface area contributed by atoms with E-state index in [0.29, 0.717) is 62.5 Å². The summed E-state index contributed by atoms with van der Waals surface area (Å²) in [6.45, 7) is 6.57. The van der Waals surface area contributed by atoms with E-state index in [0.717, 1.165) is 11.0 Å². The van der Waals surface area contributed by atoms with Crippen LogP contribution in [-0.2, 0) is 61.4 Å². The first kappa shape index (κ1) is 42.8. The summed E-state index contributed by atoms with van der Waals surface area (Å²) in [6.07, 6.45) is 3.45. The second-order valence-corrected chi connectivity index (χ2v) is 19.1. The van der Waals surface area contributed by atoms with Crippen LogP contribution in [0.3, 0.4) is 0 Å². The molecule has 5 atom stereocenters. The Morgan fingerprint density at radius 1 is 1.00 bits per heavy atom. The number of hydrogen-bond donors (Lipinski definition) is 3. The Bertz CT molecular complexity index is 2120. The number of carbonyl (C=O) groups is 7. The Labute approximate surface area is 347 Å². The molecule has 7 aliphatic rings. The van der Waals surface area contributed by atoms with Crippen LogP contribution < -0.4 is 15.4 Å². The van der Waals surface area contributed by atoms with Crippen LogP contribution in [0.1, 0.15) is 75.3 Å². The molecule has 1 aromatic rings. The zero-order valence-corrected chi connectivity index (χ0v) is 34.5. The van der Waals surface area contributed by atoms with Crippen molar-refractivity contribution < 1.29 is 55.8 Å². The van der Waals surface area contributed by atoms with Gasteiger partial charge in [0.1, 0.15) is 29.5 Å². The molecule has 6 fully saturated rings. The Hall–Kier alpha value is -5.33. The van der Waals surface area contributed by atoms with Crippen LogP contribution >= 0.6 is 0 Å². The summed E-state index contributed by atoms with van der Waals surface area (Å²) >= 11 is 0. The average Bonchev–Trinajstić information content (AvgIpc) is 4.14. The number of esters is 1. The van der Waals surface area contributed by atoms with Crippen LogP contribution in [0.15, 0.2) is 43.5 Å². The molecule has 324 valence electrons. The minimum absolute atomic E-state index is 0.0336. The van der Waals surface area contributed by atoms with Crippen LogP contribution in [-0.4, -0.2) is 121 Å². The molecule has 1 aromatic carbocycles. The van der Waals surface area contributed by atoms with Crippen molar-refractivity contribution in [2.24, 2.45) is 16.7 Å². The molecule has 8 rings (SSSR count). The standard InChI is InChI=1S/C41H51FN6O11S/c1-5-25-19-41(25,36(53)45-60(56,57)27-10-11-27)44-33(50)31-18-26(59-38(55)47-20-24-8-7-9-29(42)28(24)22-47)21-48(31)34(51)30(23-46(3)32(49)6-2)43-35(52)39-12-15-40(16-13-39,17-14-39)37(54)58-4/h5-9,25-27,30-31H,1-2,10-23H2,3-4H3,(H,43,52)(H,44,50)(H,45,53)/t25-,26?,30?,31+,39?,40?,41-/m1/s1. The summed E-state index contributed by atoms with van der Waals surface area (Å²) in [5.74, 6) is -5.03. The zero-order valence-electron chi connectivity index (χ0n) is 33.7. The van der Waals surface area contributed by atoms with Gasteiger partial charge < -0.3 is 29.9 Å². The van der Waals surface area contributed by atoms with Crippen LogP contribution in [0.5, 0.6) is 0 Å². The molecule has 60 heavy (non-hydrogen) atoms. The molecular weight excluding hydrogens is 804 g/mol. The quantitative estimate of drug-likeness (QED) is 0.139. The number of benzene rings is 1. The van der Waals surface area contributed by atoms with Crippen LogP contribution in [0.4, 0.5) is 9.18 Å². The van der Waals surface area contributed by atoms with E-state index in [-0.39, 0.29) is 45.0 Å². The first-order valence-electron chi connectivity index (χ1n) is 20.2. The third-order valence-corrected chi connectivity index (χ3v) is 15.3. The summed E-state index contributed by atoms with van der Waals surface area (Å²) in [5, 5.41) is 4.82. The number of nitrogens with zero attached hydrogens (tertiary/aromatic N) is 3. The molecule has 2 bridgehead atoms. The van der Waals surface area contributed by atoms with E-state index in [1.165, 1.54) is 42.2 Å². The van der Waals surface area contributed by atoms with E-state index >= 15 is 0 Å². The van der Waals surface area contributed by atoms with Crippen molar-refractivity contribution in [2.75, 3.05) is 27.2 Å². The van der Waals surface area contributed by atoms with Crippen LogP contribution in [0.25, 0.3) is 0 Å². The molecule has 5 saturated carbocycles. The Morgan fingerprint density at radius 2 is 1.67 bits per heavy atom. The lowest BCUT2D eigenvalue weighted by Gasteiger charge is -2.51. The van der Waals surface area contributed by atoms with Crippen LogP contribution in [0, 0.1) is 22.6 Å². The monoisotopic (exact) mass is 854 g/mol. The minimum Gasteiger partial charge on any atom is -0.469 e. The Kier molecular flexibility index (Phi) is 11.4. The maximum Gasteiger partial charge on any atom is 0.410 e. The molecule has 2 unspecified atom stereocenters. The second-order valence-electron chi connectivity index (χ2n) is 17.2. The van der Waals surface area contributed by atoms with Crippen molar-refractivity contribution in [2.45, 2.75) is 106 Å². The number of nitrogens with one attached hydrogen (secondary N) is 3. The maximum absolute atomic E-state index is 14.8. The van der Waals surface area contributed by atoms with Gasteiger partial charge >= 0.3 is 12.1 Å². The number of fused-ring (bicyclic) bond motifs is 4. The highest BCUT2D eigenvalue weighted by molar-refractivity contribution is 7.91. The molecule has 19 heteroatoms. The molecule has 5 aliphatic carbocycles. The molecule has 0 aromatic heterocycles. The number of carbonyl (C=O) groups excluding carboxylic acids is 7. The molecule has 0 radical (unpaired) electrons. The van der Waals surface area contributed by atoms with Crippen LogP contribution in [0.2, 0.25) is 0 Å². The van der Waals surface area contributed by atoms with Gasteiger partial charge in [-0.1, -0.05) is 24.8 Å². The predicted molar refractivity (Wildman–Crippen MR) is 210 cm³/mol. The first-order valence-corrected chi connectivity index (χ1v) is 21.8. The number of ether oxygens (including phenoxy) is 2. The topological polar surface area (TPSA) is 218 Å². The zero-order chi connectivity index (χ0) is 43.4. The Morgan fingerprint density at radius 3 is 2.25 bits per heavy atom. The van der Waals surface area contributed by atoms with E-state index < -0.39 is 97.2 Å². The number of rotatable bonds is 14. The van der Waals surface area contributed by atoms with Crippen molar-refractivity contribution in [3.63, 3.8) is 0 Å². The van der Waals surface area contributed by atoms with E-state index in [4.69, 9.17) is 9.47 Å². The van der Waals surface area contributed by atoms with Gasteiger partial charge in [0.05, 0.1) is 30.9 Å². The van der Waals surface area contributed by atoms with Gasteiger partial charge in [0, 0.05) is 43.5 Å². The highest BCUT2D eigenvalue weighted by atomic mass is 32.2. The van der Waals surface area contributed by atoms with Gasteiger partial charge in [0.15, 0.2) is 0 Å². The molecule has 0 spiro atoms. The van der Waals surface area contributed by atoms with Crippen molar-refractivity contribution >= 4 is 51.6 Å². The normalized spacial score (nSPS) is 29.4. The second kappa shape index (κ2) is 15.9. The van der Waals surface area contributed by atoms with E-state index in [1.807, 2.05) is 0 Å². The lowest BCUT2D eigenvalue weighted by molar-refractivity contribution is -0.167. The first-order chi connectivity index (χ1) is 28.4. The number of likely N-dealkylation sites (N-methyl/N-ethyl adjacent to an activating group) is 1. The highest BCUT2D eigenvalue weighted by Crippen LogP contribution is 2.57. The fraction of sp³-hybridized carbons (Fsp3) is 0.585. The summed E-state index contributed by atoms with van der Waals surface area (Å²) < 4.78 is 53.1. The summed E-state index contributed by atoms with van der Waals surface area (Å²) in [6, 6.07) is 1.69. The number of methoxy groups -OCH3 is 1. The Balaban J connectivity index is 1.14. The van der Waals surface area contributed by atoms with Gasteiger partial charge in [-0.25, -0.2) is 17.6 Å². The number of likely N-dealkylation sites (tertiary alicyclic amines) is 1. The van der Waals surface area contributed by atoms with Crippen molar-refractivity contribution in [3.05, 3.63) is 60.5 Å². The number of hydrogen-bond acceptors (Lipinski definition) is 11. The lowest BCUT2D eigenvalue weighted by atomic mass is 9.53. The van der Waals surface area contributed by atoms with Gasteiger partial charge in [0.25, 0.3) is 5.91 Å². The fourth-order valence-corrected chi connectivity index (χ4v) is 10.8. The molecular formula is C41H51FN6O11S. The SMILES string of the molecule is C=CC(=O)N(C)CC(NC(=O)C12CCC(C(=O)OC)(CC1)CC2)C(=O)N1CC(OC(=O)N2Cc3cccc(F)c3C2)C[C@H]1C(=O)N[C@]1(C(=O)NS(=O)(=O)C2CC2)C[C@H]1C=C. The van der Waals surface area contributed by atoms with Crippen molar-refractivity contribution in [1.82, 2.24) is 30.1 Å². The van der Waals surface area contributed by atoms with Gasteiger partial charge in [0.2, 0.25) is 33.7 Å². The van der Waals surface area contributed by atoms with Gasteiger partial charge in [-0.15, -0.1) is 6.58 Å². The molecule has 17 nitrogen and oxygen atoms in total. The predicted octanol–water partition coefficient (Wildman–Crippen LogP) is 1.56. The summed E-state index contributed by atoms with van der Waals surface area (Å²) in [5.41, 5.74) is -2.34. The van der Waals surface area contributed by atoms with E-state index in [9.17, 15) is 46.4 Å². The third kappa shape index (κ3) is 7.87. The lowest BCUT2D eigenvalue weighted by Crippen LogP contribution is -2.61. The third-order valence-electron chi connectivity index (χ3n) is 13.5. The number of sulfonamides is 1. The summed E-state index contributed by atoms with van der Waals surface area (Å²) in [7, 11) is -1.25. The largest absolute Gasteiger partial charge is 0.469 e. The molecule has 2 aliphatic heterocycles. The molecule has 3 N–H and O–H groups in total. The fourth-order valence-electron chi connectivity index (χ4n) is 9.39. The highest BCUT2D eigenvalue weighted by Gasteiger charge is 2.62. The molecule has 1 saturated heterocycles. The maximum atomic E-state index is 14.8. The van der Waals surface area contributed by atoms with E-state index in [2.05, 4.69) is 28.5 Å². The van der Waals surface area contributed by atoms with Crippen molar-refractivity contribution in [3.8, 4) is 0 Å². The average molecular weight is 855 g/mol. The van der Waals surface area contributed by atoms with Gasteiger partial charge in [-0.2, -0.15) is 0 Å². The van der Waals surface area contributed by atoms with E-state index in [1.54, 1.807) is 6.07 Å². The number of amides is 6. The molecule has 6 amide bonds. The number of halogens is 1. The minimum atomic E-state index is -4.00.